The van der Waals surface area contributed by atoms with Crippen molar-refractivity contribution in [2.24, 2.45) is 0 Å². The predicted molar refractivity (Wildman–Crippen MR) is 110 cm³/mol. The van der Waals surface area contributed by atoms with Crippen molar-refractivity contribution in [3.8, 4) is 5.75 Å². The number of ether oxygens (including phenoxy) is 1. The van der Waals surface area contributed by atoms with Crippen molar-refractivity contribution in [2.75, 3.05) is 18.1 Å². The van der Waals surface area contributed by atoms with Crippen LogP contribution in [0.1, 0.15) is 23.1 Å². The van der Waals surface area contributed by atoms with Gasteiger partial charge < -0.3 is 9.64 Å². The lowest BCUT2D eigenvalue weighted by molar-refractivity contribution is -0.136. The van der Waals surface area contributed by atoms with Crippen LogP contribution in [-0.2, 0) is 21.2 Å². The van der Waals surface area contributed by atoms with E-state index < -0.39 is 9.84 Å². The van der Waals surface area contributed by atoms with E-state index in [-0.39, 0.29) is 30.1 Å². The number of carbonyl (C=O) groups excluding carboxylic acids is 1. The van der Waals surface area contributed by atoms with E-state index in [0.29, 0.717) is 23.7 Å². The zero-order valence-electron chi connectivity index (χ0n) is 16.0. The molecule has 0 bridgehead atoms. The van der Waals surface area contributed by atoms with Crippen molar-refractivity contribution in [3.05, 3.63) is 64.2 Å². The zero-order valence-corrected chi connectivity index (χ0v) is 17.6. The molecule has 1 heterocycles. The van der Waals surface area contributed by atoms with Gasteiger partial charge in [-0.05, 0) is 49.6 Å². The summed E-state index contributed by atoms with van der Waals surface area (Å²) in [4.78, 5) is 14.6. The minimum atomic E-state index is -3.10. The molecule has 1 aliphatic heterocycles. The summed E-state index contributed by atoms with van der Waals surface area (Å²) in [5.41, 5.74) is 2.96. The van der Waals surface area contributed by atoms with Gasteiger partial charge in [0.2, 0.25) is 0 Å². The van der Waals surface area contributed by atoms with Gasteiger partial charge in [0.25, 0.3) is 5.91 Å². The highest BCUT2D eigenvalue weighted by Gasteiger charge is 2.34. The lowest BCUT2D eigenvalue weighted by Gasteiger charge is -2.28. The van der Waals surface area contributed by atoms with Gasteiger partial charge in [-0.2, -0.15) is 0 Å². The van der Waals surface area contributed by atoms with E-state index >= 15 is 0 Å². The zero-order chi connectivity index (χ0) is 20.3. The first-order valence-electron chi connectivity index (χ1n) is 9.18. The highest BCUT2D eigenvalue weighted by molar-refractivity contribution is 7.91. The third-order valence-corrected chi connectivity index (χ3v) is 7.11. The maximum absolute atomic E-state index is 12.9. The molecule has 1 aliphatic rings. The van der Waals surface area contributed by atoms with Crippen LogP contribution in [0.3, 0.4) is 0 Å². The minimum absolute atomic E-state index is 0.00462. The van der Waals surface area contributed by atoms with E-state index in [2.05, 4.69) is 0 Å². The normalized spacial score (nSPS) is 18.0. The molecule has 2 aromatic rings. The fraction of sp³-hybridized carbons (Fsp3) is 0.381. The summed E-state index contributed by atoms with van der Waals surface area (Å²) in [6.45, 7) is 4.08. The molecule has 1 amide bonds. The largest absolute Gasteiger partial charge is 0.484 e. The average molecular weight is 422 g/mol. The van der Waals surface area contributed by atoms with Crippen molar-refractivity contribution >= 4 is 27.3 Å². The first-order valence-corrected chi connectivity index (χ1v) is 11.4. The van der Waals surface area contributed by atoms with Gasteiger partial charge in [0, 0.05) is 17.6 Å². The maximum atomic E-state index is 12.9. The van der Waals surface area contributed by atoms with Crippen LogP contribution in [0.4, 0.5) is 0 Å². The van der Waals surface area contributed by atoms with E-state index in [1.165, 1.54) is 0 Å². The van der Waals surface area contributed by atoms with Gasteiger partial charge in [-0.3, -0.25) is 4.79 Å². The molecular weight excluding hydrogens is 398 g/mol. The van der Waals surface area contributed by atoms with Gasteiger partial charge in [-0.25, -0.2) is 8.42 Å². The Hall–Kier alpha value is -2.05. The minimum Gasteiger partial charge on any atom is -0.484 e. The Morgan fingerprint density at radius 3 is 2.50 bits per heavy atom. The number of nitrogens with zero attached hydrogens (tertiary/aromatic N) is 1. The van der Waals surface area contributed by atoms with Gasteiger partial charge in [0.05, 0.1) is 11.5 Å². The fourth-order valence-electron chi connectivity index (χ4n) is 3.27. The predicted octanol–water partition coefficient (Wildman–Crippen LogP) is 3.55. The molecule has 0 saturated carbocycles. The van der Waals surface area contributed by atoms with Crippen LogP contribution in [0.25, 0.3) is 0 Å². The van der Waals surface area contributed by atoms with Gasteiger partial charge >= 0.3 is 0 Å². The monoisotopic (exact) mass is 421 g/mol. The third kappa shape index (κ3) is 5.26. The molecule has 28 heavy (non-hydrogen) atoms. The highest BCUT2D eigenvalue weighted by atomic mass is 35.5. The molecule has 1 saturated heterocycles. The van der Waals surface area contributed by atoms with Crippen LogP contribution in [0.15, 0.2) is 42.5 Å². The molecule has 0 radical (unpaired) electrons. The standard InChI is InChI=1S/C21H24ClNO4S/c1-15-3-5-17(6-4-15)12-23(18-9-10-28(25,26)14-18)21(24)13-27-19-7-8-20(22)16(2)11-19/h3-8,11,18H,9-10,12-14H2,1-2H3. The summed E-state index contributed by atoms with van der Waals surface area (Å²) < 4.78 is 29.5. The Kier molecular flexibility index (Phi) is 6.30. The summed E-state index contributed by atoms with van der Waals surface area (Å²) in [7, 11) is -3.10. The number of carbonyl (C=O) groups is 1. The van der Waals surface area contributed by atoms with E-state index in [1.807, 2.05) is 38.1 Å². The van der Waals surface area contributed by atoms with Crippen LogP contribution < -0.4 is 4.74 Å². The molecule has 7 heteroatoms. The van der Waals surface area contributed by atoms with Crippen LogP contribution in [0.2, 0.25) is 5.02 Å². The number of benzene rings is 2. The SMILES string of the molecule is Cc1ccc(CN(C(=O)COc2ccc(Cl)c(C)c2)C2CCS(=O)(=O)C2)cc1. The molecule has 3 rings (SSSR count). The summed E-state index contributed by atoms with van der Waals surface area (Å²) in [6.07, 6.45) is 0.458. The summed E-state index contributed by atoms with van der Waals surface area (Å²) in [5, 5.41) is 0.635. The molecule has 5 nitrogen and oxygen atoms in total. The smallest absolute Gasteiger partial charge is 0.261 e. The molecule has 0 spiro atoms. The molecule has 0 N–H and O–H groups in total. The lowest BCUT2D eigenvalue weighted by Crippen LogP contribution is -2.43. The van der Waals surface area contributed by atoms with Crippen molar-refractivity contribution in [2.45, 2.75) is 32.9 Å². The van der Waals surface area contributed by atoms with E-state index in [9.17, 15) is 13.2 Å². The van der Waals surface area contributed by atoms with E-state index in [4.69, 9.17) is 16.3 Å². The molecule has 1 atom stereocenters. The first-order chi connectivity index (χ1) is 13.2. The van der Waals surface area contributed by atoms with Gasteiger partial charge in [0.15, 0.2) is 16.4 Å². The summed E-state index contributed by atoms with van der Waals surface area (Å²) in [5.74, 6) is 0.455. The number of rotatable bonds is 6. The third-order valence-electron chi connectivity index (χ3n) is 4.93. The van der Waals surface area contributed by atoms with E-state index in [1.54, 1.807) is 23.1 Å². The molecule has 1 unspecified atom stereocenters. The second-order valence-electron chi connectivity index (χ2n) is 7.26. The topological polar surface area (TPSA) is 63.7 Å². The molecule has 2 aromatic carbocycles. The first kappa shape index (κ1) is 20.7. The Balaban J connectivity index is 1.73. The number of halogens is 1. The van der Waals surface area contributed by atoms with Gasteiger partial charge in [0.1, 0.15) is 5.75 Å². The average Bonchev–Trinajstić information content (AvgIpc) is 3.01. The molecular formula is C21H24ClNO4S. The number of amides is 1. The maximum Gasteiger partial charge on any atom is 0.261 e. The van der Waals surface area contributed by atoms with Gasteiger partial charge in [-0.1, -0.05) is 41.4 Å². The van der Waals surface area contributed by atoms with Crippen LogP contribution >= 0.6 is 11.6 Å². The summed E-state index contributed by atoms with van der Waals surface area (Å²) >= 11 is 6.02. The Labute approximate surface area is 171 Å². The second-order valence-corrected chi connectivity index (χ2v) is 9.90. The Bertz CT molecular complexity index is 957. The lowest BCUT2D eigenvalue weighted by atomic mass is 10.1. The Morgan fingerprint density at radius 1 is 1.18 bits per heavy atom. The van der Waals surface area contributed by atoms with E-state index in [0.717, 1.165) is 16.7 Å². The number of hydrogen-bond acceptors (Lipinski definition) is 4. The second kappa shape index (κ2) is 8.53. The fourth-order valence-corrected chi connectivity index (χ4v) is 5.12. The number of aryl methyl sites for hydroxylation is 2. The quantitative estimate of drug-likeness (QED) is 0.715. The Morgan fingerprint density at radius 2 is 1.89 bits per heavy atom. The van der Waals surface area contributed by atoms with Crippen molar-refractivity contribution < 1.29 is 17.9 Å². The number of sulfone groups is 1. The van der Waals surface area contributed by atoms with Crippen LogP contribution in [0.5, 0.6) is 5.75 Å². The van der Waals surface area contributed by atoms with Crippen molar-refractivity contribution in [3.63, 3.8) is 0 Å². The van der Waals surface area contributed by atoms with Gasteiger partial charge in [-0.15, -0.1) is 0 Å². The van der Waals surface area contributed by atoms with Crippen LogP contribution in [0, 0.1) is 13.8 Å². The molecule has 0 aliphatic carbocycles. The molecule has 150 valence electrons. The number of hydrogen-bond donors (Lipinski definition) is 0. The molecule has 0 aromatic heterocycles. The molecule has 1 fully saturated rings. The van der Waals surface area contributed by atoms with Crippen molar-refractivity contribution in [1.29, 1.82) is 0 Å². The highest BCUT2D eigenvalue weighted by Crippen LogP contribution is 2.23. The van der Waals surface area contributed by atoms with Crippen LogP contribution in [-0.4, -0.2) is 43.4 Å². The summed E-state index contributed by atoms with van der Waals surface area (Å²) in [6, 6.07) is 12.8. The van der Waals surface area contributed by atoms with Crippen molar-refractivity contribution in [1.82, 2.24) is 4.90 Å².